The lowest BCUT2D eigenvalue weighted by Gasteiger charge is -2.23. The average molecular weight is 579 g/mol. The van der Waals surface area contributed by atoms with Gasteiger partial charge in [0.1, 0.15) is 0 Å². The van der Waals surface area contributed by atoms with Crippen molar-refractivity contribution in [2.24, 2.45) is 0 Å². The van der Waals surface area contributed by atoms with Crippen molar-refractivity contribution in [3.8, 4) is 22.6 Å². The first-order valence-corrected chi connectivity index (χ1v) is 12.0. The fraction of sp³-hybridized carbons (Fsp3) is 0.0370. The molecule has 0 aromatic heterocycles. The summed E-state index contributed by atoms with van der Waals surface area (Å²) in [4.78, 5) is 25.8. The van der Waals surface area contributed by atoms with Gasteiger partial charge in [-0.15, -0.1) is 0 Å². The number of fused-ring (bicyclic) bond motifs is 3. The molecule has 0 spiro atoms. The van der Waals surface area contributed by atoms with Gasteiger partial charge in [0.15, 0.2) is 11.5 Å². The van der Waals surface area contributed by atoms with E-state index in [9.17, 15) is 9.59 Å². The Morgan fingerprint density at radius 1 is 0.676 bits per heavy atom. The minimum atomic E-state index is -0.551. The van der Waals surface area contributed by atoms with Crippen LogP contribution in [-0.2, 0) is 6.54 Å². The van der Waals surface area contributed by atoms with Crippen molar-refractivity contribution in [1.82, 2.24) is 0 Å². The zero-order valence-electron chi connectivity index (χ0n) is 17.7. The minimum absolute atomic E-state index is 0.172. The molecule has 7 heteroatoms. The number of ether oxygens (including phenoxy) is 2. The fourth-order valence-corrected chi connectivity index (χ4v) is 4.40. The maximum Gasteiger partial charge on any atom is 0.343 e. The number of esters is 2. The minimum Gasteiger partial charge on any atom is -0.419 e. The van der Waals surface area contributed by atoms with Crippen LogP contribution >= 0.6 is 31.9 Å². The number of rotatable bonds is 4. The summed E-state index contributed by atoms with van der Waals surface area (Å²) in [6.45, 7) is 0.551. The molecule has 0 unspecified atom stereocenters. The maximum atomic E-state index is 12.9. The molecule has 1 aliphatic rings. The van der Waals surface area contributed by atoms with Crippen molar-refractivity contribution in [3.63, 3.8) is 0 Å². The van der Waals surface area contributed by atoms with Crippen LogP contribution in [0.2, 0.25) is 0 Å². The Labute approximate surface area is 213 Å². The highest BCUT2D eigenvalue weighted by molar-refractivity contribution is 9.10. The molecule has 168 valence electrons. The zero-order chi connectivity index (χ0) is 23.7. The van der Waals surface area contributed by atoms with Crippen LogP contribution in [-0.4, -0.2) is 11.9 Å². The smallest absolute Gasteiger partial charge is 0.343 e. The van der Waals surface area contributed by atoms with Crippen molar-refractivity contribution < 1.29 is 19.1 Å². The van der Waals surface area contributed by atoms with Gasteiger partial charge < -0.3 is 14.8 Å². The summed E-state index contributed by atoms with van der Waals surface area (Å²) in [6.07, 6.45) is 0. The number of halogens is 2. The van der Waals surface area contributed by atoms with E-state index in [1.807, 2.05) is 30.3 Å². The first kappa shape index (κ1) is 22.4. The Bertz CT molecular complexity index is 1420. The van der Waals surface area contributed by atoms with Gasteiger partial charge in [-0.05, 0) is 71.8 Å². The van der Waals surface area contributed by atoms with E-state index in [-0.39, 0.29) is 11.5 Å². The summed E-state index contributed by atoms with van der Waals surface area (Å²) in [6, 6.07) is 25.2. The number of hydrogen-bond donors (Lipinski definition) is 1. The lowest BCUT2D eigenvalue weighted by atomic mass is 9.94. The Morgan fingerprint density at radius 2 is 1.38 bits per heavy atom. The molecule has 1 aliphatic heterocycles. The van der Waals surface area contributed by atoms with E-state index in [2.05, 4.69) is 37.2 Å². The van der Waals surface area contributed by atoms with Gasteiger partial charge in [-0.3, -0.25) is 0 Å². The number of carbonyl (C=O) groups is 2. The summed E-state index contributed by atoms with van der Waals surface area (Å²) >= 11 is 6.74. The predicted octanol–water partition coefficient (Wildman–Crippen LogP) is 7.24. The lowest BCUT2D eigenvalue weighted by Crippen LogP contribution is -2.15. The van der Waals surface area contributed by atoms with Gasteiger partial charge in [-0.2, -0.15) is 0 Å². The SMILES string of the molecule is O=C(Oc1cc2c(cc1OC(=O)c1cccc(Br)c1)-c1ccccc1NC2)c1ccc(Br)cc1. The third-order valence-electron chi connectivity index (χ3n) is 5.40. The van der Waals surface area contributed by atoms with Gasteiger partial charge in [0.25, 0.3) is 0 Å². The topological polar surface area (TPSA) is 64.6 Å². The monoisotopic (exact) mass is 577 g/mol. The van der Waals surface area contributed by atoms with Crippen LogP contribution in [0.15, 0.2) is 93.9 Å². The van der Waals surface area contributed by atoms with Crippen LogP contribution in [0.3, 0.4) is 0 Å². The van der Waals surface area contributed by atoms with E-state index >= 15 is 0 Å². The molecule has 0 bridgehead atoms. The summed E-state index contributed by atoms with van der Waals surface area (Å²) in [5, 5.41) is 3.37. The Hall–Kier alpha value is -3.42. The molecule has 0 atom stereocenters. The highest BCUT2D eigenvalue weighted by Gasteiger charge is 2.23. The second-order valence-corrected chi connectivity index (χ2v) is 9.48. The van der Waals surface area contributed by atoms with E-state index in [0.29, 0.717) is 17.7 Å². The molecule has 4 aromatic rings. The van der Waals surface area contributed by atoms with Crippen LogP contribution in [0.4, 0.5) is 5.69 Å². The maximum absolute atomic E-state index is 12.9. The van der Waals surface area contributed by atoms with E-state index < -0.39 is 11.9 Å². The summed E-state index contributed by atoms with van der Waals surface area (Å²) in [7, 11) is 0. The third kappa shape index (κ3) is 4.62. The lowest BCUT2D eigenvalue weighted by molar-refractivity contribution is 0.0682. The van der Waals surface area contributed by atoms with Crippen molar-refractivity contribution in [3.05, 3.63) is 111 Å². The predicted molar refractivity (Wildman–Crippen MR) is 137 cm³/mol. The van der Waals surface area contributed by atoms with Crippen molar-refractivity contribution >= 4 is 49.5 Å². The Balaban J connectivity index is 1.55. The average Bonchev–Trinajstić information content (AvgIpc) is 2.84. The molecule has 0 aliphatic carbocycles. The number of anilines is 1. The second kappa shape index (κ2) is 9.44. The molecule has 0 amide bonds. The zero-order valence-corrected chi connectivity index (χ0v) is 20.9. The molecule has 0 radical (unpaired) electrons. The van der Waals surface area contributed by atoms with Gasteiger partial charge >= 0.3 is 11.9 Å². The van der Waals surface area contributed by atoms with Gasteiger partial charge in [0, 0.05) is 26.7 Å². The second-order valence-electron chi connectivity index (χ2n) is 7.65. The Morgan fingerprint density at radius 3 is 2.15 bits per heavy atom. The summed E-state index contributed by atoms with van der Waals surface area (Å²) in [5.41, 5.74) is 4.57. The first-order valence-electron chi connectivity index (χ1n) is 10.4. The van der Waals surface area contributed by atoms with Gasteiger partial charge in [0.05, 0.1) is 11.1 Å². The molecular weight excluding hydrogens is 562 g/mol. The number of hydrogen-bond acceptors (Lipinski definition) is 5. The van der Waals surface area contributed by atoms with E-state index in [1.54, 1.807) is 54.6 Å². The van der Waals surface area contributed by atoms with Crippen LogP contribution < -0.4 is 14.8 Å². The van der Waals surface area contributed by atoms with E-state index in [0.717, 1.165) is 31.3 Å². The van der Waals surface area contributed by atoms with Crippen molar-refractivity contribution in [2.75, 3.05) is 5.32 Å². The third-order valence-corrected chi connectivity index (χ3v) is 6.42. The van der Waals surface area contributed by atoms with Crippen LogP contribution in [0.1, 0.15) is 26.3 Å². The molecule has 0 saturated carbocycles. The van der Waals surface area contributed by atoms with Crippen LogP contribution in [0, 0.1) is 0 Å². The molecule has 34 heavy (non-hydrogen) atoms. The highest BCUT2D eigenvalue weighted by Crippen LogP contribution is 2.42. The number of nitrogens with one attached hydrogen (secondary N) is 1. The first-order chi connectivity index (χ1) is 16.5. The number of para-hydroxylation sites is 1. The number of benzene rings is 4. The number of carbonyl (C=O) groups excluding carboxylic acids is 2. The molecular formula is C27H17Br2NO4. The molecule has 0 saturated heterocycles. The molecule has 5 nitrogen and oxygen atoms in total. The van der Waals surface area contributed by atoms with E-state index in [1.165, 1.54) is 0 Å². The summed E-state index contributed by atoms with van der Waals surface area (Å²) in [5.74, 6) is -0.747. The normalized spacial score (nSPS) is 11.6. The van der Waals surface area contributed by atoms with Crippen molar-refractivity contribution in [1.29, 1.82) is 0 Å². The fourth-order valence-electron chi connectivity index (χ4n) is 3.74. The Kier molecular flexibility index (Phi) is 6.22. The molecule has 0 fully saturated rings. The largest absolute Gasteiger partial charge is 0.419 e. The van der Waals surface area contributed by atoms with Gasteiger partial charge in [-0.1, -0.05) is 56.1 Å². The van der Waals surface area contributed by atoms with E-state index in [4.69, 9.17) is 9.47 Å². The van der Waals surface area contributed by atoms with Crippen LogP contribution in [0.5, 0.6) is 11.5 Å². The standard InChI is InChI=1S/C27H17Br2NO4/c28-19-10-8-16(9-11-19)26(31)33-24-13-18-15-30-23-7-2-1-6-21(23)22(18)14-25(24)34-27(32)17-4-3-5-20(29)12-17/h1-14,30H,15H2. The highest BCUT2D eigenvalue weighted by atomic mass is 79.9. The molecule has 1 N–H and O–H groups in total. The summed E-state index contributed by atoms with van der Waals surface area (Å²) < 4.78 is 13.1. The molecule has 5 rings (SSSR count). The van der Waals surface area contributed by atoms with Crippen molar-refractivity contribution in [2.45, 2.75) is 6.54 Å². The quantitative estimate of drug-likeness (QED) is 0.204. The molecule has 4 aromatic carbocycles. The van der Waals surface area contributed by atoms with Gasteiger partial charge in [-0.25, -0.2) is 9.59 Å². The molecule has 1 heterocycles. The van der Waals surface area contributed by atoms with Crippen LogP contribution in [0.25, 0.3) is 11.1 Å². The van der Waals surface area contributed by atoms with Gasteiger partial charge in [0.2, 0.25) is 0 Å².